The number of piperidine rings is 1. The number of rotatable bonds is 3. The third-order valence-corrected chi connectivity index (χ3v) is 11.7. The molecule has 39 heavy (non-hydrogen) atoms. The first-order chi connectivity index (χ1) is 18.9. The summed E-state index contributed by atoms with van der Waals surface area (Å²) in [4.78, 5) is 23.3. The van der Waals surface area contributed by atoms with E-state index >= 15 is 0 Å². The summed E-state index contributed by atoms with van der Waals surface area (Å²) in [5, 5.41) is 0. The van der Waals surface area contributed by atoms with Crippen molar-refractivity contribution < 1.29 is 9.29 Å². The van der Waals surface area contributed by atoms with Crippen LogP contribution in [0.15, 0.2) is 52.9 Å². The number of pyridine rings is 2. The van der Waals surface area contributed by atoms with Gasteiger partial charge in [-0.25, -0.2) is 15.0 Å². The van der Waals surface area contributed by atoms with E-state index in [0.717, 1.165) is 71.6 Å². The van der Waals surface area contributed by atoms with Gasteiger partial charge in [-0.15, -0.1) is 4.72 Å². The smallest absolute Gasteiger partial charge is 0.217 e. The fourth-order valence-corrected chi connectivity index (χ4v) is 9.15. The average molecular weight is 560 g/mol. The maximum Gasteiger partial charge on any atom is 0.217 e. The lowest BCUT2D eigenvalue weighted by Crippen LogP contribution is -2.53. The fourth-order valence-electron chi connectivity index (χ4n) is 6.87. The van der Waals surface area contributed by atoms with Crippen LogP contribution in [0.5, 0.6) is 5.88 Å². The maximum atomic E-state index is 13.3. The van der Waals surface area contributed by atoms with Gasteiger partial charge in [-0.2, -0.15) is 0 Å². The van der Waals surface area contributed by atoms with E-state index in [1.807, 2.05) is 30.9 Å². The Bertz CT molecular complexity index is 1620. The molecule has 1 fully saturated rings. The molecule has 0 aromatic carbocycles. The van der Waals surface area contributed by atoms with Crippen LogP contribution in [0.2, 0.25) is 0 Å². The molecular formula is C28H29N7O2S2. The van der Waals surface area contributed by atoms with Gasteiger partial charge in [0.05, 0.1) is 17.5 Å². The summed E-state index contributed by atoms with van der Waals surface area (Å²) in [6, 6.07) is 4.20. The first kappa shape index (κ1) is 24.0. The van der Waals surface area contributed by atoms with Crippen LogP contribution in [0.4, 0.5) is 5.95 Å². The van der Waals surface area contributed by atoms with Crippen LogP contribution in [-0.2, 0) is 29.0 Å². The fraction of sp³-hybridized carbons (Fsp3) is 0.429. The number of nitrogens with zero attached hydrogens (tertiary/aromatic N) is 6. The number of ether oxygens (including phenoxy) is 1. The second-order valence-electron chi connectivity index (χ2n) is 11.4. The van der Waals surface area contributed by atoms with E-state index < -0.39 is 16.1 Å². The number of hydrogen-bond donors (Lipinski definition) is 1. The topological polar surface area (TPSA) is 104 Å². The van der Waals surface area contributed by atoms with Crippen molar-refractivity contribution in [1.82, 2.24) is 29.1 Å². The number of aromatic nitrogens is 5. The highest BCUT2D eigenvalue weighted by Crippen LogP contribution is 2.57. The van der Waals surface area contributed by atoms with Crippen molar-refractivity contribution in [1.29, 1.82) is 0 Å². The number of anilines is 1. The highest BCUT2D eigenvalue weighted by molar-refractivity contribution is 7.99. The molecule has 8 rings (SSSR count). The first-order valence-electron chi connectivity index (χ1n) is 13.5. The van der Waals surface area contributed by atoms with Crippen LogP contribution < -0.4 is 14.4 Å². The van der Waals surface area contributed by atoms with Gasteiger partial charge in [0.2, 0.25) is 11.8 Å². The molecule has 1 N–H and O–H groups in total. The summed E-state index contributed by atoms with van der Waals surface area (Å²) < 4.78 is 24.1. The molecule has 0 radical (unpaired) electrons. The molecule has 0 bridgehead atoms. The third-order valence-electron chi connectivity index (χ3n) is 9.03. The van der Waals surface area contributed by atoms with Gasteiger partial charge < -0.3 is 14.2 Å². The standard InChI is InChI=1S/C28H29N7O2S2/c1-27(2)18-3-8-29-19-15-28(23(22(18)19)33-39(27)36)6-11-34(12-7-28)26-32-16-21(24-30-10-13-35(24)26)38-20-4-9-31-25-17(20)5-14-37-25/h3-4,8-10,13,16,23,33H,5-7,11-12,14-15H2,1-2H3/t23-,39-/m1/s1. The van der Waals surface area contributed by atoms with Crippen LogP contribution >= 0.6 is 11.8 Å². The van der Waals surface area contributed by atoms with Crippen molar-refractivity contribution in [3.63, 3.8) is 0 Å². The predicted octanol–water partition coefficient (Wildman–Crippen LogP) is 3.99. The Labute approximate surface area is 234 Å². The van der Waals surface area contributed by atoms with E-state index in [4.69, 9.17) is 19.7 Å². The zero-order chi connectivity index (χ0) is 26.4. The summed E-state index contributed by atoms with van der Waals surface area (Å²) in [6.07, 6.45) is 13.3. The van der Waals surface area contributed by atoms with Crippen LogP contribution in [0.1, 0.15) is 55.1 Å². The molecule has 2 atom stereocenters. The molecule has 11 heteroatoms. The molecule has 3 aliphatic heterocycles. The molecule has 200 valence electrons. The van der Waals surface area contributed by atoms with E-state index in [1.54, 1.807) is 18.0 Å². The zero-order valence-corrected chi connectivity index (χ0v) is 23.5. The maximum absolute atomic E-state index is 13.3. The van der Waals surface area contributed by atoms with Crippen molar-refractivity contribution in [3.8, 4) is 5.88 Å². The van der Waals surface area contributed by atoms with Crippen molar-refractivity contribution >= 4 is 34.7 Å². The Morgan fingerprint density at radius 2 is 1.92 bits per heavy atom. The molecule has 0 amide bonds. The summed E-state index contributed by atoms with van der Waals surface area (Å²) in [5.74, 6) is 1.66. The van der Waals surface area contributed by atoms with Crippen LogP contribution in [0.25, 0.3) is 5.65 Å². The van der Waals surface area contributed by atoms with Gasteiger partial charge in [-0.1, -0.05) is 11.8 Å². The zero-order valence-electron chi connectivity index (χ0n) is 21.9. The van der Waals surface area contributed by atoms with E-state index in [1.165, 1.54) is 16.8 Å². The minimum absolute atomic E-state index is 0.0156. The molecule has 0 saturated carbocycles. The van der Waals surface area contributed by atoms with Gasteiger partial charge in [0.1, 0.15) is 0 Å². The lowest BCUT2D eigenvalue weighted by molar-refractivity contribution is 0.172. The van der Waals surface area contributed by atoms with Crippen molar-refractivity contribution in [3.05, 3.63) is 65.5 Å². The molecule has 1 spiro atoms. The monoisotopic (exact) mass is 559 g/mol. The second kappa shape index (κ2) is 8.57. The van der Waals surface area contributed by atoms with Crippen LogP contribution in [0, 0.1) is 5.41 Å². The Balaban J connectivity index is 1.07. The molecule has 1 saturated heterocycles. The molecule has 4 aromatic heterocycles. The normalized spacial score (nSPS) is 24.1. The molecule has 4 aliphatic rings. The van der Waals surface area contributed by atoms with Gasteiger partial charge >= 0.3 is 0 Å². The van der Waals surface area contributed by atoms with Crippen molar-refractivity contribution in [2.75, 3.05) is 24.6 Å². The van der Waals surface area contributed by atoms with E-state index in [0.29, 0.717) is 6.61 Å². The Morgan fingerprint density at radius 1 is 1.08 bits per heavy atom. The van der Waals surface area contributed by atoms with Gasteiger partial charge in [0.25, 0.3) is 0 Å². The summed E-state index contributed by atoms with van der Waals surface area (Å²) >= 11 is 0.529. The Morgan fingerprint density at radius 3 is 2.79 bits per heavy atom. The number of fused-ring (bicyclic) bond motifs is 3. The largest absolute Gasteiger partial charge is 0.597 e. The Kier molecular flexibility index (Phi) is 5.27. The van der Waals surface area contributed by atoms with Gasteiger partial charge in [0, 0.05) is 94.6 Å². The van der Waals surface area contributed by atoms with Gasteiger partial charge in [-0.3, -0.25) is 9.38 Å². The highest BCUT2D eigenvalue weighted by Gasteiger charge is 2.57. The number of imidazole rings is 1. The van der Waals surface area contributed by atoms with Gasteiger partial charge in [-0.05, 0) is 45.2 Å². The molecule has 7 heterocycles. The highest BCUT2D eigenvalue weighted by atomic mass is 32.2. The van der Waals surface area contributed by atoms with Crippen LogP contribution in [0.3, 0.4) is 0 Å². The van der Waals surface area contributed by atoms with Crippen LogP contribution in [-0.4, -0.2) is 48.6 Å². The van der Waals surface area contributed by atoms with E-state index in [-0.39, 0.29) is 11.5 Å². The molecule has 0 unspecified atom stereocenters. The Hall–Kier alpha value is -2.86. The van der Waals surface area contributed by atoms with Gasteiger partial charge in [0.15, 0.2) is 10.4 Å². The van der Waals surface area contributed by atoms with E-state index in [9.17, 15) is 4.55 Å². The molecule has 9 nitrogen and oxygen atoms in total. The second-order valence-corrected chi connectivity index (χ2v) is 14.3. The summed E-state index contributed by atoms with van der Waals surface area (Å²) in [6.45, 7) is 6.56. The average Bonchev–Trinajstić information content (AvgIpc) is 3.68. The molecule has 1 aliphatic carbocycles. The van der Waals surface area contributed by atoms with Crippen molar-refractivity contribution in [2.24, 2.45) is 5.41 Å². The number of hydrogen-bond acceptors (Lipinski definition) is 9. The third kappa shape index (κ3) is 3.49. The minimum Gasteiger partial charge on any atom is -0.597 e. The lowest BCUT2D eigenvalue weighted by atomic mass is 9.72. The minimum atomic E-state index is -1.14. The SMILES string of the molecule is CC1(C)c2ccnc3c2[C@@H](N[S@+]1[O-])C1(CCN(c2ncc(Sc4ccnc5c4CCO5)c4nccn24)CC1)C3. The first-order valence-corrected chi connectivity index (χ1v) is 15.4. The molecular weight excluding hydrogens is 530 g/mol. The van der Waals surface area contributed by atoms with Crippen molar-refractivity contribution in [2.45, 2.75) is 60.1 Å². The lowest BCUT2D eigenvalue weighted by Gasteiger charge is -2.46. The number of nitrogens with one attached hydrogen (secondary N) is 1. The molecule has 4 aromatic rings. The van der Waals surface area contributed by atoms with E-state index in [2.05, 4.69) is 38.9 Å². The summed E-state index contributed by atoms with van der Waals surface area (Å²) in [5.41, 5.74) is 5.74. The summed E-state index contributed by atoms with van der Waals surface area (Å²) in [7, 11) is 0. The predicted molar refractivity (Wildman–Crippen MR) is 149 cm³/mol. The quantitative estimate of drug-likeness (QED) is 0.373.